The first-order valence-corrected chi connectivity index (χ1v) is 7.02. The molecule has 0 nitrogen and oxygen atoms in total. The maximum Gasteiger partial charge on any atom is 0.0662 e. The molecule has 2 aromatic rings. The van der Waals surface area contributed by atoms with Gasteiger partial charge in [0.05, 0.1) is 5.38 Å². The van der Waals surface area contributed by atoms with Crippen LogP contribution in [0, 0.1) is 0 Å². The van der Waals surface area contributed by atoms with E-state index >= 15 is 0 Å². The first kappa shape index (κ1) is 11.2. The number of halogens is 1. The van der Waals surface area contributed by atoms with Crippen molar-refractivity contribution in [1.82, 2.24) is 0 Å². The van der Waals surface area contributed by atoms with Gasteiger partial charge in [-0.25, -0.2) is 0 Å². The van der Waals surface area contributed by atoms with Gasteiger partial charge < -0.3 is 0 Å². The van der Waals surface area contributed by atoms with E-state index in [0.29, 0.717) is 5.92 Å². The van der Waals surface area contributed by atoms with Gasteiger partial charge in [0, 0.05) is 15.7 Å². The molecule has 1 aliphatic rings. The third-order valence-corrected chi connectivity index (χ3v) is 5.08. The predicted molar refractivity (Wildman–Crippen MR) is 74.0 cm³/mol. The summed E-state index contributed by atoms with van der Waals surface area (Å²) in [6.07, 6.45) is 0. The third-order valence-electron chi connectivity index (χ3n) is 3.28. The van der Waals surface area contributed by atoms with E-state index in [0.717, 1.165) is 0 Å². The van der Waals surface area contributed by atoms with Crippen molar-refractivity contribution < 1.29 is 0 Å². The summed E-state index contributed by atoms with van der Waals surface area (Å²) in [4.78, 5) is 2.61. The molecule has 0 aliphatic carbocycles. The summed E-state index contributed by atoms with van der Waals surface area (Å²) < 4.78 is 0. The predicted octanol–water partition coefficient (Wildman–Crippen LogP) is 5.23. The fourth-order valence-corrected chi connectivity index (χ4v) is 3.90. The van der Waals surface area contributed by atoms with Gasteiger partial charge >= 0.3 is 0 Å². The summed E-state index contributed by atoms with van der Waals surface area (Å²) in [6, 6.07) is 17.0. The van der Waals surface area contributed by atoms with E-state index in [4.69, 9.17) is 11.6 Å². The quantitative estimate of drug-likeness (QED) is 0.584. The van der Waals surface area contributed by atoms with Crippen molar-refractivity contribution in [1.29, 1.82) is 0 Å². The number of hydrogen-bond acceptors (Lipinski definition) is 1. The van der Waals surface area contributed by atoms with E-state index in [-0.39, 0.29) is 5.38 Å². The van der Waals surface area contributed by atoms with Crippen molar-refractivity contribution in [2.45, 2.75) is 28.0 Å². The molecule has 0 radical (unpaired) electrons. The fraction of sp³-hybridized carbons (Fsp3) is 0.200. The first-order valence-electron chi connectivity index (χ1n) is 5.77. The van der Waals surface area contributed by atoms with Gasteiger partial charge in [-0.05, 0) is 23.3 Å². The lowest BCUT2D eigenvalue weighted by atomic mass is 9.93. The third kappa shape index (κ3) is 1.88. The molecule has 0 saturated heterocycles. The molecule has 2 heteroatoms. The molecule has 0 bridgehead atoms. The minimum Gasteiger partial charge on any atom is -0.117 e. The van der Waals surface area contributed by atoms with Gasteiger partial charge in [-0.15, -0.1) is 11.6 Å². The Morgan fingerprint density at radius 3 is 2.12 bits per heavy atom. The molecule has 3 rings (SSSR count). The zero-order valence-electron chi connectivity index (χ0n) is 9.56. The van der Waals surface area contributed by atoms with Crippen LogP contribution in [0.5, 0.6) is 0 Å². The largest absolute Gasteiger partial charge is 0.117 e. The van der Waals surface area contributed by atoms with Crippen molar-refractivity contribution in [3.63, 3.8) is 0 Å². The van der Waals surface area contributed by atoms with Crippen LogP contribution in [0.3, 0.4) is 0 Å². The van der Waals surface area contributed by atoms with Crippen LogP contribution in [0.1, 0.15) is 29.3 Å². The smallest absolute Gasteiger partial charge is 0.0662 e. The van der Waals surface area contributed by atoms with E-state index in [1.807, 2.05) is 11.8 Å². The van der Waals surface area contributed by atoms with Crippen LogP contribution in [0.25, 0.3) is 0 Å². The fourth-order valence-electron chi connectivity index (χ4n) is 2.30. The molecule has 0 spiro atoms. The number of rotatable bonds is 0. The van der Waals surface area contributed by atoms with Gasteiger partial charge in [0.2, 0.25) is 0 Å². The standard InChI is InChI=1S/C15H13ClS/c1-10-11-6-2-4-8-13(11)17-14-9-5-3-7-12(14)15(10)16/h2-10,15H,1H3. The molecule has 2 aromatic carbocycles. The van der Waals surface area contributed by atoms with Crippen LogP contribution in [-0.2, 0) is 0 Å². The van der Waals surface area contributed by atoms with Crippen LogP contribution in [0.4, 0.5) is 0 Å². The second-order valence-electron chi connectivity index (χ2n) is 4.37. The lowest BCUT2D eigenvalue weighted by Gasteiger charge is -2.17. The highest BCUT2D eigenvalue weighted by molar-refractivity contribution is 7.99. The lowest BCUT2D eigenvalue weighted by Crippen LogP contribution is -2.01. The summed E-state index contributed by atoms with van der Waals surface area (Å²) in [5.74, 6) is 0.351. The highest BCUT2D eigenvalue weighted by atomic mass is 35.5. The Kier molecular flexibility index (Phi) is 2.89. The molecule has 2 atom stereocenters. The van der Waals surface area contributed by atoms with E-state index < -0.39 is 0 Å². The van der Waals surface area contributed by atoms with Crippen LogP contribution in [-0.4, -0.2) is 0 Å². The normalized spacial score (nSPS) is 22.5. The molecular formula is C15H13ClS. The molecule has 0 saturated carbocycles. The Bertz CT molecular complexity index is 501. The molecule has 0 aromatic heterocycles. The van der Waals surface area contributed by atoms with E-state index in [9.17, 15) is 0 Å². The lowest BCUT2D eigenvalue weighted by molar-refractivity contribution is 0.715. The monoisotopic (exact) mass is 260 g/mol. The van der Waals surface area contributed by atoms with Crippen molar-refractivity contribution in [2.75, 3.05) is 0 Å². The van der Waals surface area contributed by atoms with Gasteiger partial charge in [-0.3, -0.25) is 0 Å². The molecule has 2 unspecified atom stereocenters. The molecule has 0 fully saturated rings. The average Bonchev–Trinajstić information content (AvgIpc) is 2.48. The SMILES string of the molecule is CC1c2ccccc2Sc2ccccc2C1Cl. The minimum atomic E-state index is 0.0577. The van der Waals surface area contributed by atoms with Gasteiger partial charge in [0.25, 0.3) is 0 Å². The molecular weight excluding hydrogens is 248 g/mol. The second kappa shape index (κ2) is 4.40. The minimum absolute atomic E-state index is 0.0577. The van der Waals surface area contributed by atoms with Crippen molar-refractivity contribution >= 4 is 23.4 Å². The zero-order chi connectivity index (χ0) is 11.8. The molecule has 1 heterocycles. The van der Waals surface area contributed by atoms with E-state index in [1.165, 1.54) is 20.9 Å². The van der Waals surface area contributed by atoms with Crippen LogP contribution in [0.15, 0.2) is 58.3 Å². The Labute approximate surface area is 111 Å². The Morgan fingerprint density at radius 2 is 1.41 bits per heavy atom. The number of fused-ring (bicyclic) bond motifs is 2. The molecule has 17 heavy (non-hydrogen) atoms. The highest BCUT2D eigenvalue weighted by Gasteiger charge is 2.26. The average molecular weight is 261 g/mol. The number of benzene rings is 2. The Morgan fingerprint density at radius 1 is 0.882 bits per heavy atom. The number of hydrogen-bond donors (Lipinski definition) is 0. The summed E-state index contributed by atoms with van der Waals surface area (Å²) in [7, 11) is 0. The van der Waals surface area contributed by atoms with Crippen LogP contribution in [0.2, 0.25) is 0 Å². The van der Waals surface area contributed by atoms with E-state index in [2.05, 4.69) is 55.5 Å². The zero-order valence-corrected chi connectivity index (χ0v) is 11.1. The first-order chi connectivity index (χ1) is 8.27. The van der Waals surface area contributed by atoms with E-state index in [1.54, 1.807) is 0 Å². The number of alkyl halides is 1. The van der Waals surface area contributed by atoms with Crippen LogP contribution >= 0.6 is 23.4 Å². The summed E-state index contributed by atoms with van der Waals surface area (Å²) in [6.45, 7) is 2.21. The summed E-state index contributed by atoms with van der Waals surface area (Å²) in [5.41, 5.74) is 2.61. The second-order valence-corrected chi connectivity index (χ2v) is 5.92. The summed E-state index contributed by atoms with van der Waals surface area (Å²) in [5, 5.41) is 0.0577. The van der Waals surface area contributed by atoms with Gasteiger partial charge in [-0.1, -0.05) is 55.1 Å². The maximum atomic E-state index is 6.62. The molecule has 0 amide bonds. The van der Waals surface area contributed by atoms with Crippen molar-refractivity contribution in [2.24, 2.45) is 0 Å². The molecule has 0 N–H and O–H groups in total. The summed E-state index contributed by atoms with van der Waals surface area (Å²) >= 11 is 8.44. The van der Waals surface area contributed by atoms with Gasteiger partial charge in [-0.2, -0.15) is 0 Å². The van der Waals surface area contributed by atoms with Crippen molar-refractivity contribution in [3.05, 3.63) is 59.7 Å². The van der Waals surface area contributed by atoms with Gasteiger partial charge in [0.15, 0.2) is 0 Å². The van der Waals surface area contributed by atoms with Gasteiger partial charge in [0.1, 0.15) is 0 Å². The van der Waals surface area contributed by atoms with Crippen molar-refractivity contribution in [3.8, 4) is 0 Å². The van der Waals surface area contributed by atoms with Crippen LogP contribution < -0.4 is 0 Å². The maximum absolute atomic E-state index is 6.62. The molecule has 1 aliphatic heterocycles. The Balaban J connectivity index is 2.20. The Hall–Kier alpha value is -0.920. The highest BCUT2D eigenvalue weighted by Crippen LogP contribution is 2.48. The molecule has 86 valence electrons. The topological polar surface area (TPSA) is 0 Å².